The number of rotatable bonds is 3. The number of ether oxygens (including phenoxy) is 1. The SMILES string of the molecule is Cc1ccc(OC(=O)C2CCN(S(C)(=O)=O)CC2)c(C)c1. The molecule has 0 unspecified atom stereocenters. The molecule has 0 radical (unpaired) electrons. The number of piperidine rings is 1. The lowest BCUT2D eigenvalue weighted by Crippen LogP contribution is -2.40. The Balaban J connectivity index is 1.96. The first-order valence-electron chi connectivity index (χ1n) is 7.01. The Labute approximate surface area is 126 Å². The number of esters is 1. The van der Waals surface area contributed by atoms with E-state index in [1.807, 2.05) is 26.0 Å². The van der Waals surface area contributed by atoms with Crippen molar-refractivity contribution >= 4 is 16.0 Å². The number of sulfonamides is 1. The van der Waals surface area contributed by atoms with Crippen molar-refractivity contribution in [2.75, 3.05) is 19.3 Å². The van der Waals surface area contributed by atoms with E-state index in [9.17, 15) is 13.2 Å². The number of carbonyl (C=O) groups excluding carboxylic acids is 1. The second-order valence-electron chi connectivity index (χ2n) is 5.63. The van der Waals surface area contributed by atoms with Crippen LogP contribution in [0.5, 0.6) is 5.75 Å². The molecular formula is C15H21NO4S. The summed E-state index contributed by atoms with van der Waals surface area (Å²) in [5.74, 6) is 0.0787. The minimum atomic E-state index is -3.16. The molecule has 0 atom stereocenters. The third kappa shape index (κ3) is 4.04. The Morgan fingerprint density at radius 2 is 1.86 bits per heavy atom. The summed E-state index contributed by atoms with van der Waals surface area (Å²) in [5.41, 5.74) is 2.05. The molecule has 0 saturated carbocycles. The van der Waals surface area contributed by atoms with Crippen LogP contribution in [-0.2, 0) is 14.8 Å². The average molecular weight is 311 g/mol. The molecule has 1 heterocycles. The van der Waals surface area contributed by atoms with Gasteiger partial charge in [-0.1, -0.05) is 17.7 Å². The lowest BCUT2D eigenvalue weighted by molar-refractivity contribution is -0.140. The standard InChI is InChI=1S/C15H21NO4S/c1-11-4-5-14(12(2)10-11)20-15(17)13-6-8-16(9-7-13)21(3,18)19/h4-5,10,13H,6-9H2,1-3H3. The molecule has 1 aliphatic heterocycles. The Hall–Kier alpha value is -1.40. The maximum atomic E-state index is 12.2. The van der Waals surface area contributed by atoms with Crippen molar-refractivity contribution in [3.05, 3.63) is 29.3 Å². The minimum absolute atomic E-state index is 0.233. The Bertz CT molecular complexity index is 631. The topological polar surface area (TPSA) is 63.7 Å². The van der Waals surface area contributed by atoms with Crippen LogP contribution in [0.1, 0.15) is 24.0 Å². The van der Waals surface area contributed by atoms with E-state index in [4.69, 9.17) is 4.74 Å². The highest BCUT2D eigenvalue weighted by molar-refractivity contribution is 7.88. The fourth-order valence-corrected chi connectivity index (χ4v) is 3.40. The largest absolute Gasteiger partial charge is 0.426 e. The molecule has 1 fully saturated rings. The van der Waals surface area contributed by atoms with Crippen molar-refractivity contribution in [2.45, 2.75) is 26.7 Å². The Morgan fingerprint density at radius 1 is 1.24 bits per heavy atom. The molecular weight excluding hydrogens is 290 g/mol. The van der Waals surface area contributed by atoms with Crippen LogP contribution in [0, 0.1) is 19.8 Å². The van der Waals surface area contributed by atoms with Crippen LogP contribution in [0.25, 0.3) is 0 Å². The molecule has 0 aliphatic carbocycles. The first-order chi connectivity index (χ1) is 9.77. The summed E-state index contributed by atoms with van der Waals surface area (Å²) in [4.78, 5) is 12.2. The van der Waals surface area contributed by atoms with E-state index in [-0.39, 0.29) is 11.9 Å². The van der Waals surface area contributed by atoms with Crippen LogP contribution >= 0.6 is 0 Å². The third-order valence-corrected chi connectivity index (χ3v) is 5.10. The van der Waals surface area contributed by atoms with E-state index in [1.54, 1.807) is 6.07 Å². The molecule has 0 spiro atoms. The second-order valence-corrected chi connectivity index (χ2v) is 7.61. The molecule has 6 heteroatoms. The van der Waals surface area contributed by atoms with Crippen molar-refractivity contribution in [3.63, 3.8) is 0 Å². The van der Waals surface area contributed by atoms with Gasteiger partial charge in [0.2, 0.25) is 10.0 Å². The van der Waals surface area contributed by atoms with Gasteiger partial charge in [0.25, 0.3) is 0 Å². The first kappa shape index (κ1) is 16.0. The Kier molecular flexibility index (Phi) is 4.68. The van der Waals surface area contributed by atoms with E-state index in [0.717, 1.165) is 11.1 Å². The molecule has 0 aromatic heterocycles. The maximum absolute atomic E-state index is 12.2. The predicted octanol–water partition coefficient (Wildman–Crippen LogP) is 1.88. The fourth-order valence-electron chi connectivity index (χ4n) is 2.53. The van der Waals surface area contributed by atoms with Crippen molar-refractivity contribution in [2.24, 2.45) is 5.92 Å². The molecule has 1 aromatic rings. The van der Waals surface area contributed by atoms with Crippen molar-refractivity contribution < 1.29 is 17.9 Å². The van der Waals surface area contributed by atoms with E-state index < -0.39 is 10.0 Å². The normalized spacial score (nSPS) is 17.7. The van der Waals surface area contributed by atoms with Gasteiger partial charge in [0.15, 0.2) is 0 Å². The van der Waals surface area contributed by atoms with Gasteiger partial charge in [-0.2, -0.15) is 0 Å². The molecule has 1 aromatic carbocycles. The van der Waals surface area contributed by atoms with Gasteiger partial charge in [-0.05, 0) is 38.3 Å². The third-order valence-electron chi connectivity index (χ3n) is 3.80. The summed E-state index contributed by atoms with van der Waals surface area (Å²) in [6, 6.07) is 5.67. The molecule has 116 valence electrons. The van der Waals surface area contributed by atoms with Crippen LogP contribution in [0.4, 0.5) is 0 Å². The van der Waals surface area contributed by atoms with Crippen LogP contribution in [0.3, 0.4) is 0 Å². The summed E-state index contributed by atoms with van der Waals surface area (Å²) in [6.07, 6.45) is 2.22. The zero-order valence-electron chi connectivity index (χ0n) is 12.6. The molecule has 0 amide bonds. The van der Waals surface area contributed by atoms with Crippen LogP contribution in [0.2, 0.25) is 0 Å². The van der Waals surface area contributed by atoms with Gasteiger partial charge in [-0.15, -0.1) is 0 Å². The van der Waals surface area contributed by atoms with Gasteiger partial charge >= 0.3 is 5.97 Å². The summed E-state index contributed by atoms with van der Waals surface area (Å²) in [6.45, 7) is 4.65. The number of hydrogen-bond acceptors (Lipinski definition) is 4. The van der Waals surface area contributed by atoms with E-state index in [1.165, 1.54) is 10.6 Å². The van der Waals surface area contributed by atoms with Crippen LogP contribution < -0.4 is 4.74 Å². The second kappa shape index (κ2) is 6.15. The molecule has 1 aliphatic rings. The smallest absolute Gasteiger partial charge is 0.314 e. The number of nitrogens with zero attached hydrogens (tertiary/aromatic N) is 1. The van der Waals surface area contributed by atoms with Gasteiger partial charge in [0, 0.05) is 13.1 Å². The van der Waals surface area contributed by atoms with Crippen molar-refractivity contribution in [1.29, 1.82) is 0 Å². The number of carbonyl (C=O) groups is 1. The number of aryl methyl sites for hydroxylation is 2. The van der Waals surface area contributed by atoms with Crippen LogP contribution in [0.15, 0.2) is 18.2 Å². The molecule has 1 saturated heterocycles. The molecule has 21 heavy (non-hydrogen) atoms. The zero-order chi connectivity index (χ0) is 15.6. The minimum Gasteiger partial charge on any atom is -0.426 e. The lowest BCUT2D eigenvalue weighted by Gasteiger charge is -2.28. The fraction of sp³-hybridized carbons (Fsp3) is 0.533. The van der Waals surface area contributed by atoms with E-state index in [2.05, 4.69) is 0 Å². The zero-order valence-corrected chi connectivity index (χ0v) is 13.4. The number of benzene rings is 1. The molecule has 0 bridgehead atoms. The highest BCUT2D eigenvalue weighted by Gasteiger charge is 2.30. The lowest BCUT2D eigenvalue weighted by atomic mass is 9.98. The maximum Gasteiger partial charge on any atom is 0.314 e. The summed E-state index contributed by atoms with van der Waals surface area (Å²) in [5, 5.41) is 0. The molecule has 2 rings (SSSR count). The Morgan fingerprint density at radius 3 is 2.38 bits per heavy atom. The quantitative estimate of drug-likeness (QED) is 0.631. The molecule has 5 nitrogen and oxygen atoms in total. The first-order valence-corrected chi connectivity index (χ1v) is 8.86. The van der Waals surface area contributed by atoms with Gasteiger partial charge in [0.05, 0.1) is 12.2 Å². The average Bonchev–Trinajstić information content (AvgIpc) is 2.41. The van der Waals surface area contributed by atoms with E-state index >= 15 is 0 Å². The summed E-state index contributed by atoms with van der Waals surface area (Å²) >= 11 is 0. The summed E-state index contributed by atoms with van der Waals surface area (Å²) in [7, 11) is -3.16. The van der Waals surface area contributed by atoms with E-state index in [0.29, 0.717) is 31.7 Å². The number of hydrogen-bond donors (Lipinski definition) is 0. The van der Waals surface area contributed by atoms with Gasteiger partial charge in [0.1, 0.15) is 5.75 Å². The van der Waals surface area contributed by atoms with Crippen molar-refractivity contribution in [1.82, 2.24) is 4.31 Å². The van der Waals surface area contributed by atoms with Crippen molar-refractivity contribution in [3.8, 4) is 5.75 Å². The predicted molar refractivity (Wildman–Crippen MR) is 80.7 cm³/mol. The van der Waals surface area contributed by atoms with Gasteiger partial charge in [-0.3, -0.25) is 4.79 Å². The van der Waals surface area contributed by atoms with Crippen LogP contribution in [-0.4, -0.2) is 38.0 Å². The molecule has 0 N–H and O–H groups in total. The highest BCUT2D eigenvalue weighted by Crippen LogP contribution is 2.24. The van der Waals surface area contributed by atoms with Gasteiger partial charge in [-0.25, -0.2) is 12.7 Å². The monoisotopic (exact) mass is 311 g/mol. The summed E-state index contributed by atoms with van der Waals surface area (Å²) < 4.78 is 29.7. The van der Waals surface area contributed by atoms with Gasteiger partial charge < -0.3 is 4.74 Å². The highest BCUT2D eigenvalue weighted by atomic mass is 32.2.